The molecule has 1 saturated heterocycles. The lowest BCUT2D eigenvalue weighted by atomic mass is 10.1. The first-order valence-corrected chi connectivity index (χ1v) is 9.40. The van der Waals surface area contributed by atoms with Gasteiger partial charge in [-0.05, 0) is 6.42 Å². The standard InChI is InChI=1S/C18H36O5/c1-2-3-4-5-6-7-8-9-10-11-12-22-13-16(20)18-17(21)15(19)14-23-18/h15-21H,2-14H2,1H3/t15-,16?,17?,18?/m1/s1. The molecule has 1 fully saturated rings. The van der Waals surface area contributed by atoms with Crippen molar-refractivity contribution >= 4 is 0 Å². The second kappa shape index (κ2) is 13.1. The third kappa shape index (κ3) is 9.01. The predicted octanol–water partition coefficient (Wildman–Crippen LogP) is 2.41. The van der Waals surface area contributed by atoms with E-state index >= 15 is 0 Å². The second-order valence-corrected chi connectivity index (χ2v) is 6.68. The van der Waals surface area contributed by atoms with Crippen LogP contribution in [0.2, 0.25) is 0 Å². The molecule has 0 aromatic rings. The van der Waals surface area contributed by atoms with Crippen LogP contribution in [0.15, 0.2) is 0 Å². The van der Waals surface area contributed by atoms with Crippen molar-refractivity contribution in [2.75, 3.05) is 19.8 Å². The molecule has 1 aliphatic heterocycles. The largest absolute Gasteiger partial charge is 0.388 e. The van der Waals surface area contributed by atoms with E-state index in [1.165, 1.54) is 51.4 Å². The summed E-state index contributed by atoms with van der Waals surface area (Å²) >= 11 is 0. The maximum atomic E-state index is 9.88. The summed E-state index contributed by atoms with van der Waals surface area (Å²) in [5, 5.41) is 28.9. The van der Waals surface area contributed by atoms with E-state index in [0.717, 1.165) is 12.8 Å². The smallest absolute Gasteiger partial charge is 0.114 e. The Hall–Kier alpha value is -0.200. The Bertz CT molecular complexity index is 274. The number of rotatable bonds is 14. The van der Waals surface area contributed by atoms with Crippen LogP contribution < -0.4 is 0 Å². The van der Waals surface area contributed by atoms with Gasteiger partial charge in [-0.2, -0.15) is 0 Å². The van der Waals surface area contributed by atoms with Crippen LogP contribution in [0.4, 0.5) is 0 Å². The quantitative estimate of drug-likeness (QED) is 0.426. The lowest BCUT2D eigenvalue weighted by Crippen LogP contribution is -2.40. The third-order valence-corrected chi connectivity index (χ3v) is 4.50. The molecule has 5 nitrogen and oxygen atoms in total. The predicted molar refractivity (Wildman–Crippen MR) is 90.4 cm³/mol. The Balaban J connectivity index is 1.84. The molecule has 1 rings (SSSR count). The number of hydrogen-bond donors (Lipinski definition) is 3. The average Bonchev–Trinajstić information content (AvgIpc) is 2.88. The summed E-state index contributed by atoms with van der Waals surface area (Å²) in [5.74, 6) is 0. The van der Waals surface area contributed by atoms with Gasteiger partial charge in [0.05, 0.1) is 13.2 Å². The van der Waals surface area contributed by atoms with Crippen LogP contribution in [-0.2, 0) is 9.47 Å². The van der Waals surface area contributed by atoms with E-state index < -0.39 is 24.4 Å². The summed E-state index contributed by atoms with van der Waals surface area (Å²) < 4.78 is 10.6. The van der Waals surface area contributed by atoms with Crippen LogP contribution in [-0.4, -0.2) is 59.6 Å². The lowest BCUT2D eigenvalue weighted by Gasteiger charge is -2.20. The van der Waals surface area contributed by atoms with Gasteiger partial charge in [-0.3, -0.25) is 0 Å². The number of aliphatic hydroxyl groups is 3. The van der Waals surface area contributed by atoms with Crippen LogP contribution >= 0.6 is 0 Å². The zero-order valence-corrected chi connectivity index (χ0v) is 14.7. The molecule has 4 atom stereocenters. The molecule has 3 N–H and O–H groups in total. The molecule has 1 heterocycles. The fourth-order valence-corrected chi connectivity index (χ4v) is 2.95. The Kier molecular flexibility index (Phi) is 11.9. The van der Waals surface area contributed by atoms with E-state index in [2.05, 4.69) is 6.92 Å². The number of ether oxygens (including phenoxy) is 2. The zero-order valence-electron chi connectivity index (χ0n) is 14.7. The van der Waals surface area contributed by atoms with Gasteiger partial charge in [0.1, 0.15) is 24.4 Å². The highest BCUT2D eigenvalue weighted by Crippen LogP contribution is 2.18. The molecular weight excluding hydrogens is 296 g/mol. The lowest BCUT2D eigenvalue weighted by molar-refractivity contribution is -0.0813. The Morgan fingerprint density at radius 3 is 2.04 bits per heavy atom. The molecule has 0 aliphatic carbocycles. The van der Waals surface area contributed by atoms with Crippen molar-refractivity contribution < 1.29 is 24.8 Å². The zero-order chi connectivity index (χ0) is 16.9. The highest BCUT2D eigenvalue weighted by atomic mass is 16.5. The maximum Gasteiger partial charge on any atom is 0.114 e. The molecule has 0 aromatic carbocycles. The van der Waals surface area contributed by atoms with Crippen molar-refractivity contribution in [1.82, 2.24) is 0 Å². The summed E-state index contributed by atoms with van der Waals surface area (Å²) in [4.78, 5) is 0. The molecule has 138 valence electrons. The molecule has 0 bridgehead atoms. The van der Waals surface area contributed by atoms with Crippen LogP contribution in [0.25, 0.3) is 0 Å². The van der Waals surface area contributed by atoms with Crippen molar-refractivity contribution in [3.8, 4) is 0 Å². The molecule has 0 saturated carbocycles. The fraction of sp³-hybridized carbons (Fsp3) is 1.00. The van der Waals surface area contributed by atoms with E-state index in [9.17, 15) is 15.3 Å². The summed E-state index contributed by atoms with van der Waals surface area (Å²) in [6.07, 6.45) is 9.27. The maximum absolute atomic E-state index is 9.88. The monoisotopic (exact) mass is 332 g/mol. The van der Waals surface area contributed by atoms with Gasteiger partial charge >= 0.3 is 0 Å². The molecular formula is C18H36O5. The van der Waals surface area contributed by atoms with E-state index in [4.69, 9.17) is 9.47 Å². The Morgan fingerprint density at radius 1 is 0.957 bits per heavy atom. The number of unbranched alkanes of at least 4 members (excludes halogenated alkanes) is 9. The molecule has 0 amide bonds. The number of hydrogen-bond acceptors (Lipinski definition) is 5. The van der Waals surface area contributed by atoms with Crippen molar-refractivity contribution in [2.24, 2.45) is 0 Å². The van der Waals surface area contributed by atoms with E-state index in [0.29, 0.717) is 6.61 Å². The van der Waals surface area contributed by atoms with Crippen molar-refractivity contribution in [3.05, 3.63) is 0 Å². The van der Waals surface area contributed by atoms with Gasteiger partial charge in [0.15, 0.2) is 0 Å². The van der Waals surface area contributed by atoms with E-state index in [1.807, 2.05) is 0 Å². The molecule has 23 heavy (non-hydrogen) atoms. The van der Waals surface area contributed by atoms with Crippen LogP contribution in [0.1, 0.15) is 71.1 Å². The summed E-state index contributed by atoms with van der Waals surface area (Å²) in [6, 6.07) is 0. The van der Waals surface area contributed by atoms with Crippen molar-refractivity contribution in [1.29, 1.82) is 0 Å². The third-order valence-electron chi connectivity index (χ3n) is 4.50. The van der Waals surface area contributed by atoms with Crippen molar-refractivity contribution in [3.63, 3.8) is 0 Å². The van der Waals surface area contributed by atoms with Gasteiger partial charge in [0.2, 0.25) is 0 Å². The Morgan fingerprint density at radius 2 is 1.52 bits per heavy atom. The van der Waals surface area contributed by atoms with Gasteiger partial charge in [0, 0.05) is 6.61 Å². The van der Waals surface area contributed by atoms with Crippen molar-refractivity contribution in [2.45, 2.75) is 95.5 Å². The highest BCUT2D eigenvalue weighted by Gasteiger charge is 2.39. The summed E-state index contributed by atoms with van der Waals surface area (Å²) in [6.45, 7) is 3.08. The van der Waals surface area contributed by atoms with Gasteiger partial charge in [-0.25, -0.2) is 0 Å². The second-order valence-electron chi connectivity index (χ2n) is 6.68. The molecule has 0 radical (unpaired) electrons. The minimum absolute atomic E-state index is 0.0708. The highest BCUT2D eigenvalue weighted by molar-refractivity contribution is 4.87. The first kappa shape index (κ1) is 20.8. The summed E-state index contributed by atoms with van der Waals surface area (Å²) in [5.41, 5.74) is 0. The van der Waals surface area contributed by atoms with Crippen LogP contribution in [0.3, 0.4) is 0 Å². The topological polar surface area (TPSA) is 79.2 Å². The molecule has 0 spiro atoms. The first-order chi connectivity index (χ1) is 11.2. The molecule has 3 unspecified atom stereocenters. The van der Waals surface area contributed by atoms with Gasteiger partial charge in [-0.15, -0.1) is 0 Å². The molecule has 0 aromatic heterocycles. The fourth-order valence-electron chi connectivity index (χ4n) is 2.95. The Labute approximate surface area is 141 Å². The van der Waals surface area contributed by atoms with Gasteiger partial charge < -0.3 is 24.8 Å². The van der Waals surface area contributed by atoms with Crippen LogP contribution in [0.5, 0.6) is 0 Å². The normalized spacial score (nSPS) is 25.8. The first-order valence-electron chi connectivity index (χ1n) is 9.40. The van der Waals surface area contributed by atoms with E-state index in [1.54, 1.807) is 0 Å². The van der Waals surface area contributed by atoms with Gasteiger partial charge in [0.25, 0.3) is 0 Å². The van der Waals surface area contributed by atoms with Gasteiger partial charge in [-0.1, -0.05) is 64.7 Å². The molecule has 1 aliphatic rings. The number of aliphatic hydroxyl groups excluding tert-OH is 3. The van der Waals surface area contributed by atoms with Crippen LogP contribution in [0, 0.1) is 0 Å². The minimum Gasteiger partial charge on any atom is -0.388 e. The SMILES string of the molecule is CCCCCCCCCCCCOCC(O)C1OC[C@@H](O)C1O. The minimum atomic E-state index is -1.02. The summed E-state index contributed by atoms with van der Waals surface area (Å²) in [7, 11) is 0. The van der Waals surface area contributed by atoms with E-state index in [-0.39, 0.29) is 13.2 Å². The molecule has 5 heteroatoms. The average molecular weight is 332 g/mol.